The van der Waals surface area contributed by atoms with Gasteiger partial charge < -0.3 is 4.90 Å². The number of thiophene rings is 1. The highest BCUT2D eigenvalue weighted by Crippen LogP contribution is 2.04. The Labute approximate surface area is 104 Å². The lowest BCUT2D eigenvalue weighted by atomic mass is 10.4. The Morgan fingerprint density at radius 2 is 2.18 bits per heavy atom. The first-order chi connectivity index (χ1) is 8.19. The third-order valence-corrected chi connectivity index (χ3v) is 2.95. The van der Waals surface area contributed by atoms with E-state index in [0.29, 0.717) is 13.1 Å². The van der Waals surface area contributed by atoms with Crippen LogP contribution in [-0.2, 0) is 9.59 Å². The summed E-state index contributed by atoms with van der Waals surface area (Å²) in [5.74, 6) is -1.26. The third-order valence-electron chi connectivity index (χ3n) is 2.15. The van der Waals surface area contributed by atoms with Crippen LogP contribution in [0.4, 0.5) is 0 Å². The fraction of sp³-hybridized carbons (Fsp3) is 0.364. The van der Waals surface area contributed by atoms with Crippen molar-refractivity contribution in [1.82, 2.24) is 10.3 Å². The Morgan fingerprint density at radius 1 is 1.47 bits per heavy atom. The number of rotatable bonds is 4. The molecule has 0 atom stereocenters. The van der Waals surface area contributed by atoms with Gasteiger partial charge in [0.15, 0.2) is 0 Å². The Hall–Kier alpha value is -1.69. The van der Waals surface area contributed by atoms with Gasteiger partial charge in [0.2, 0.25) is 0 Å². The molecule has 0 unspecified atom stereocenters. The first-order valence-electron chi connectivity index (χ1n) is 5.34. The fourth-order valence-electron chi connectivity index (χ4n) is 1.22. The average Bonchev–Trinajstić information content (AvgIpc) is 2.83. The zero-order chi connectivity index (χ0) is 12.7. The highest BCUT2D eigenvalue weighted by atomic mass is 32.1. The lowest BCUT2D eigenvalue weighted by Crippen LogP contribution is -2.41. The van der Waals surface area contributed by atoms with E-state index in [4.69, 9.17) is 0 Å². The van der Waals surface area contributed by atoms with Crippen molar-refractivity contribution in [3.05, 3.63) is 22.4 Å². The van der Waals surface area contributed by atoms with Crippen LogP contribution in [0.5, 0.6) is 0 Å². The highest BCUT2D eigenvalue weighted by Gasteiger charge is 2.18. The Kier molecular flexibility index (Phi) is 5.35. The Bertz CT molecular complexity index is 397. The molecule has 2 amide bonds. The number of hydrogen-bond donors (Lipinski definition) is 1. The van der Waals surface area contributed by atoms with Crippen LogP contribution in [0, 0.1) is 0 Å². The summed E-state index contributed by atoms with van der Waals surface area (Å²) in [5.41, 5.74) is 2.22. The molecule has 0 aliphatic heterocycles. The van der Waals surface area contributed by atoms with Gasteiger partial charge in [0.05, 0.1) is 6.21 Å². The van der Waals surface area contributed by atoms with Crippen molar-refractivity contribution in [3.8, 4) is 0 Å². The molecule has 1 rings (SSSR count). The van der Waals surface area contributed by atoms with Crippen molar-refractivity contribution >= 4 is 29.4 Å². The molecule has 17 heavy (non-hydrogen) atoms. The first-order valence-corrected chi connectivity index (χ1v) is 6.22. The van der Waals surface area contributed by atoms with Crippen LogP contribution < -0.4 is 5.43 Å². The zero-order valence-electron chi connectivity index (χ0n) is 9.84. The second-order valence-electron chi connectivity index (χ2n) is 3.19. The molecule has 0 spiro atoms. The molecular formula is C11H15N3O2S. The third kappa shape index (κ3) is 3.99. The van der Waals surface area contributed by atoms with E-state index in [1.807, 2.05) is 31.4 Å². The number of likely N-dealkylation sites (N-methyl/N-ethyl adjacent to an activating group) is 1. The lowest BCUT2D eigenvalue weighted by molar-refractivity contribution is -0.145. The van der Waals surface area contributed by atoms with Crippen LogP contribution in [0.1, 0.15) is 18.7 Å². The van der Waals surface area contributed by atoms with Crippen LogP contribution in [0.2, 0.25) is 0 Å². The SMILES string of the molecule is CCN(CC)C(=O)C(=O)N/N=C\c1cccs1. The smallest absolute Gasteiger partial charge is 0.329 e. The standard InChI is InChI=1S/C11H15N3O2S/c1-3-14(4-2)11(16)10(15)13-12-8-9-6-5-7-17-9/h5-8H,3-4H2,1-2H3,(H,13,15)/b12-8-. The Morgan fingerprint density at radius 3 is 2.71 bits per heavy atom. The van der Waals surface area contributed by atoms with Gasteiger partial charge in [-0.05, 0) is 25.3 Å². The van der Waals surface area contributed by atoms with Gasteiger partial charge in [-0.15, -0.1) is 11.3 Å². The first kappa shape index (κ1) is 13.4. The minimum Gasteiger partial charge on any atom is -0.335 e. The second kappa shape index (κ2) is 6.80. The maximum atomic E-state index is 11.5. The van der Waals surface area contributed by atoms with Gasteiger partial charge in [0.25, 0.3) is 0 Å². The predicted molar refractivity (Wildman–Crippen MR) is 68.0 cm³/mol. The van der Waals surface area contributed by atoms with Crippen molar-refractivity contribution in [2.75, 3.05) is 13.1 Å². The highest BCUT2D eigenvalue weighted by molar-refractivity contribution is 7.11. The molecule has 0 aliphatic rings. The lowest BCUT2D eigenvalue weighted by Gasteiger charge is -2.16. The molecule has 0 aromatic carbocycles. The molecule has 1 aromatic heterocycles. The van der Waals surface area contributed by atoms with E-state index in [1.54, 1.807) is 0 Å². The van der Waals surface area contributed by atoms with Crippen molar-refractivity contribution in [2.24, 2.45) is 5.10 Å². The van der Waals surface area contributed by atoms with E-state index in [-0.39, 0.29) is 0 Å². The number of carbonyl (C=O) groups excluding carboxylic acids is 2. The zero-order valence-corrected chi connectivity index (χ0v) is 10.7. The molecule has 6 heteroatoms. The molecule has 5 nitrogen and oxygen atoms in total. The number of nitrogens with zero attached hydrogens (tertiary/aromatic N) is 2. The molecule has 0 saturated carbocycles. The molecule has 1 heterocycles. The van der Waals surface area contributed by atoms with Crippen LogP contribution in [0.3, 0.4) is 0 Å². The second-order valence-corrected chi connectivity index (χ2v) is 4.17. The van der Waals surface area contributed by atoms with Gasteiger partial charge >= 0.3 is 11.8 Å². The normalized spacial score (nSPS) is 10.5. The molecule has 0 saturated heterocycles. The average molecular weight is 253 g/mol. The maximum absolute atomic E-state index is 11.5. The molecule has 1 N–H and O–H groups in total. The largest absolute Gasteiger partial charge is 0.335 e. The molecule has 0 bridgehead atoms. The van der Waals surface area contributed by atoms with Crippen molar-refractivity contribution in [2.45, 2.75) is 13.8 Å². The van der Waals surface area contributed by atoms with E-state index in [0.717, 1.165) is 4.88 Å². The minimum atomic E-state index is -0.707. The number of carbonyl (C=O) groups is 2. The van der Waals surface area contributed by atoms with E-state index in [1.165, 1.54) is 22.5 Å². The van der Waals surface area contributed by atoms with E-state index < -0.39 is 11.8 Å². The topological polar surface area (TPSA) is 61.8 Å². The van der Waals surface area contributed by atoms with Gasteiger partial charge in [-0.1, -0.05) is 6.07 Å². The molecule has 0 aliphatic carbocycles. The molecule has 92 valence electrons. The Balaban J connectivity index is 2.47. The van der Waals surface area contributed by atoms with Crippen molar-refractivity contribution in [3.63, 3.8) is 0 Å². The van der Waals surface area contributed by atoms with Gasteiger partial charge in [-0.25, -0.2) is 5.43 Å². The number of amides is 2. The van der Waals surface area contributed by atoms with Crippen molar-refractivity contribution in [1.29, 1.82) is 0 Å². The van der Waals surface area contributed by atoms with Gasteiger partial charge in [-0.2, -0.15) is 5.10 Å². The van der Waals surface area contributed by atoms with E-state index in [9.17, 15) is 9.59 Å². The fourth-order valence-corrected chi connectivity index (χ4v) is 1.81. The minimum absolute atomic E-state index is 0.511. The van der Waals surface area contributed by atoms with E-state index >= 15 is 0 Å². The van der Waals surface area contributed by atoms with Gasteiger partial charge in [0, 0.05) is 18.0 Å². The quantitative estimate of drug-likeness (QED) is 0.495. The molecular weight excluding hydrogens is 238 g/mol. The summed E-state index contributed by atoms with van der Waals surface area (Å²) < 4.78 is 0. The number of hydrazone groups is 1. The van der Waals surface area contributed by atoms with Crippen LogP contribution >= 0.6 is 11.3 Å². The van der Waals surface area contributed by atoms with Crippen LogP contribution in [-0.4, -0.2) is 36.0 Å². The van der Waals surface area contributed by atoms with Crippen molar-refractivity contribution < 1.29 is 9.59 Å². The molecule has 0 radical (unpaired) electrons. The summed E-state index contributed by atoms with van der Waals surface area (Å²) in [6.07, 6.45) is 1.51. The van der Waals surface area contributed by atoms with Crippen LogP contribution in [0.15, 0.2) is 22.6 Å². The maximum Gasteiger partial charge on any atom is 0.329 e. The number of hydrogen-bond acceptors (Lipinski definition) is 4. The van der Waals surface area contributed by atoms with Gasteiger partial charge in [-0.3, -0.25) is 9.59 Å². The summed E-state index contributed by atoms with van der Waals surface area (Å²) in [5, 5.41) is 5.63. The summed E-state index contributed by atoms with van der Waals surface area (Å²) in [7, 11) is 0. The molecule has 0 fully saturated rings. The van der Waals surface area contributed by atoms with E-state index in [2.05, 4.69) is 10.5 Å². The summed E-state index contributed by atoms with van der Waals surface area (Å²) in [6, 6.07) is 3.75. The summed E-state index contributed by atoms with van der Waals surface area (Å²) >= 11 is 1.50. The monoisotopic (exact) mass is 253 g/mol. The molecule has 1 aromatic rings. The summed E-state index contributed by atoms with van der Waals surface area (Å²) in [6.45, 7) is 4.67. The van der Waals surface area contributed by atoms with Crippen LogP contribution in [0.25, 0.3) is 0 Å². The van der Waals surface area contributed by atoms with Gasteiger partial charge in [0.1, 0.15) is 0 Å². The summed E-state index contributed by atoms with van der Waals surface area (Å²) in [4.78, 5) is 25.3. The predicted octanol–water partition coefficient (Wildman–Crippen LogP) is 1.07. The number of nitrogens with one attached hydrogen (secondary N) is 1.